The second-order valence-corrected chi connectivity index (χ2v) is 4.85. The third-order valence-corrected chi connectivity index (χ3v) is 4.03. The quantitative estimate of drug-likeness (QED) is 0.772. The van der Waals surface area contributed by atoms with E-state index in [9.17, 15) is 0 Å². The van der Waals surface area contributed by atoms with E-state index >= 15 is 0 Å². The lowest BCUT2D eigenvalue weighted by Crippen LogP contribution is -1.87. The monoisotopic (exact) mass is 249 g/mol. The van der Waals surface area contributed by atoms with Crippen LogP contribution in [-0.2, 0) is 12.8 Å². The molecule has 0 amide bonds. The molecule has 0 aromatic carbocycles. The molecule has 3 rings (SSSR count). The lowest BCUT2D eigenvalue weighted by atomic mass is 10.2. The maximum absolute atomic E-state index is 5.98. The summed E-state index contributed by atoms with van der Waals surface area (Å²) in [6.07, 6.45) is 3.06. The Hall–Kier alpha value is -1.82. The van der Waals surface area contributed by atoms with E-state index in [1.165, 1.54) is 0 Å². The summed E-state index contributed by atoms with van der Waals surface area (Å²) in [6.45, 7) is 2.08. The van der Waals surface area contributed by atoms with Crippen molar-refractivity contribution < 1.29 is 9.05 Å². The molecule has 17 heavy (non-hydrogen) atoms. The number of anilines is 1. The van der Waals surface area contributed by atoms with Crippen LogP contribution < -0.4 is 5.73 Å². The van der Waals surface area contributed by atoms with Crippen LogP contribution in [0.1, 0.15) is 23.2 Å². The minimum absolute atomic E-state index is 0.604. The molecule has 6 heteroatoms. The Bertz CT molecular complexity index is 639. The van der Waals surface area contributed by atoms with Gasteiger partial charge in [-0.1, -0.05) is 17.2 Å². The van der Waals surface area contributed by atoms with Gasteiger partial charge in [-0.3, -0.25) is 0 Å². The Labute approximate surface area is 101 Å². The predicted octanol–water partition coefficient (Wildman–Crippen LogP) is 2.61. The van der Waals surface area contributed by atoms with E-state index in [4.69, 9.17) is 14.8 Å². The second-order valence-electron chi connectivity index (χ2n) is 3.75. The Morgan fingerprint density at radius 2 is 2.29 bits per heavy atom. The summed E-state index contributed by atoms with van der Waals surface area (Å²) < 4.78 is 11.1. The summed E-state index contributed by atoms with van der Waals surface area (Å²) in [6, 6.07) is 1.82. The van der Waals surface area contributed by atoms with Gasteiger partial charge in [-0.25, -0.2) is 0 Å². The molecule has 3 aromatic rings. The van der Waals surface area contributed by atoms with Crippen molar-refractivity contribution in [2.45, 2.75) is 19.8 Å². The first-order valence-corrected chi connectivity index (χ1v) is 6.16. The van der Waals surface area contributed by atoms with Gasteiger partial charge in [0.1, 0.15) is 16.7 Å². The Kier molecular flexibility index (Phi) is 2.36. The van der Waals surface area contributed by atoms with Crippen LogP contribution in [0.3, 0.4) is 0 Å². The molecule has 0 atom stereocenters. The largest absolute Gasteiger partial charge is 0.395 e. The summed E-state index contributed by atoms with van der Waals surface area (Å²) in [5.41, 5.74) is 9.10. The van der Waals surface area contributed by atoms with Crippen LogP contribution in [-0.4, -0.2) is 10.3 Å². The van der Waals surface area contributed by atoms with Crippen molar-refractivity contribution in [3.05, 3.63) is 28.6 Å². The maximum atomic E-state index is 5.98. The van der Waals surface area contributed by atoms with E-state index in [0.717, 1.165) is 27.4 Å². The summed E-state index contributed by atoms with van der Waals surface area (Å²) in [5.74, 6) is 0. The number of aromatic nitrogens is 2. The fraction of sp³-hybridized carbons (Fsp3) is 0.273. The smallest absolute Gasteiger partial charge is 0.201 e. The topological polar surface area (TPSA) is 78.1 Å². The van der Waals surface area contributed by atoms with E-state index in [0.29, 0.717) is 17.7 Å². The summed E-state index contributed by atoms with van der Waals surface area (Å²) >= 11 is 1.64. The first-order chi connectivity index (χ1) is 8.29. The van der Waals surface area contributed by atoms with Crippen LogP contribution in [0.4, 0.5) is 5.69 Å². The fourth-order valence-electron chi connectivity index (χ4n) is 1.77. The van der Waals surface area contributed by atoms with Gasteiger partial charge < -0.3 is 14.8 Å². The van der Waals surface area contributed by atoms with Crippen molar-refractivity contribution in [2.75, 3.05) is 5.73 Å². The molecule has 5 nitrogen and oxygen atoms in total. The number of hydrogen-bond acceptors (Lipinski definition) is 6. The summed E-state index contributed by atoms with van der Waals surface area (Å²) in [4.78, 5) is 1.14. The van der Waals surface area contributed by atoms with Gasteiger partial charge in [0.25, 0.3) is 0 Å². The number of nitrogens with zero attached hydrogens (tertiary/aromatic N) is 2. The van der Waals surface area contributed by atoms with Crippen LogP contribution in [0, 0.1) is 0 Å². The van der Waals surface area contributed by atoms with Crippen molar-refractivity contribution in [1.29, 1.82) is 0 Å². The summed E-state index contributed by atoms with van der Waals surface area (Å²) in [5, 5.41) is 7.90. The molecule has 0 fully saturated rings. The highest BCUT2D eigenvalue weighted by atomic mass is 32.1. The molecule has 2 N–H and O–H groups in total. The molecule has 0 radical (unpaired) electrons. The van der Waals surface area contributed by atoms with Crippen LogP contribution in [0.5, 0.6) is 0 Å². The molecule has 0 bridgehead atoms. The predicted molar refractivity (Wildman–Crippen MR) is 65.0 cm³/mol. The number of nitrogen functional groups attached to an aromatic ring is 1. The molecule has 0 unspecified atom stereocenters. The Balaban J connectivity index is 2.05. The Morgan fingerprint density at radius 1 is 1.41 bits per heavy atom. The normalized spacial score (nSPS) is 11.4. The van der Waals surface area contributed by atoms with Gasteiger partial charge in [-0.05, 0) is 6.42 Å². The lowest BCUT2D eigenvalue weighted by molar-refractivity contribution is 0.411. The number of fused-ring (bicyclic) bond motifs is 1. The molecule has 88 valence electrons. The Morgan fingerprint density at radius 3 is 3.00 bits per heavy atom. The fourth-order valence-corrected chi connectivity index (χ4v) is 2.83. The minimum Gasteiger partial charge on any atom is -0.395 e. The first-order valence-electron chi connectivity index (χ1n) is 5.34. The molecule has 3 heterocycles. The van der Waals surface area contributed by atoms with Crippen LogP contribution in [0.2, 0.25) is 0 Å². The van der Waals surface area contributed by atoms with E-state index in [1.54, 1.807) is 17.6 Å². The van der Waals surface area contributed by atoms with Gasteiger partial charge in [-0.15, -0.1) is 11.3 Å². The second kappa shape index (κ2) is 3.89. The molecule has 0 aliphatic heterocycles. The number of aryl methyl sites for hydroxylation is 1. The van der Waals surface area contributed by atoms with Crippen molar-refractivity contribution in [3.63, 3.8) is 0 Å². The van der Waals surface area contributed by atoms with E-state index in [1.807, 2.05) is 6.07 Å². The number of thiophene rings is 1. The molecule has 0 saturated carbocycles. The van der Waals surface area contributed by atoms with Crippen LogP contribution in [0.25, 0.3) is 10.3 Å². The molecule has 0 spiro atoms. The van der Waals surface area contributed by atoms with Gasteiger partial charge in [0.05, 0.1) is 11.4 Å². The van der Waals surface area contributed by atoms with Crippen molar-refractivity contribution in [2.24, 2.45) is 0 Å². The third kappa shape index (κ3) is 1.61. The molecule has 0 aliphatic carbocycles. The average Bonchev–Trinajstić information content (AvgIpc) is 3.00. The third-order valence-electron chi connectivity index (χ3n) is 2.65. The molecule has 3 aromatic heterocycles. The number of rotatable bonds is 3. The van der Waals surface area contributed by atoms with Crippen molar-refractivity contribution in [3.8, 4) is 0 Å². The first kappa shape index (κ1) is 10.3. The highest BCUT2D eigenvalue weighted by Crippen LogP contribution is 2.36. The highest BCUT2D eigenvalue weighted by Gasteiger charge is 2.18. The molecular formula is C11H11N3O2S. The number of nitrogens with two attached hydrogens (primary N) is 1. The minimum atomic E-state index is 0.604. The maximum Gasteiger partial charge on any atom is 0.201 e. The van der Waals surface area contributed by atoms with Gasteiger partial charge in [-0.2, -0.15) is 0 Å². The zero-order valence-corrected chi connectivity index (χ0v) is 10.1. The highest BCUT2D eigenvalue weighted by molar-refractivity contribution is 7.19. The van der Waals surface area contributed by atoms with Gasteiger partial charge in [0.15, 0.2) is 0 Å². The molecular weight excluding hydrogens is 238 g/mol. The standard InChI is InChI=1S/C11H11N3O2S/c1-2-8-9(12)10-11(17-8)7(14-16-10)5-6-3-4-15-13-6/h3-4H,2,5,12H2,1H3. The SMILES string of the molecule is CCc1sc2c(Cc3ccon3)noc2c1N. The van der Waals surface area contributed by atoms with Gasteiger partial charge >= 0.3 is 0 Å². The summed E-state index contributed by atoms with van der Waals surface area (Å²) in [7, 11) is 0. The van der Waals surface area contributed by atoms with Crippen LogP contribution >= 0.6 is 11.3 Å². The van der Waals surface area contributed by atoms with E-state index in [2.05, 4.69) is 17.2 Å². The zero-order valence-electron chi connectivity index (χ0n) is 9.27. The van der Waals surface area contributed by atoms with Gasteiger partial charge in [0, 0.05) is 17.4 Å². The molecule has 0 aliphatic rings. The van der Waals surface area contributed by atoms with E-state index < -0.39 is 0 Å². The average molecular weight is 249 g/mol. The molecule has 0 saturated heterocycles. The zero-order chi connectivity index (χ0) is 11.8. The number of hydrogen-bond donors (Lipinski definition) is 1. The van der Waals surface area contributed by atoms with Gasteiger partial charge in [0.2, 0.25) is 5.58 Å². The van der Waals surface area contributed by atoms with Crippen molar-refractivity contribution in [1.82, 2.24) is 10.3 Å². The van der Waals surface area contributed by atoms with Crippen LogP contribution in [0.15, 0.2) is 21.4 Å². The van der Waals surface area contributed by atoms with Crippen molar-refractivity contribution >= 4 is 27.3 Å². The lowest BCUT2D eigenvalue weighted by Gasteiger charge is -1.90. The van der Waals surface area contributed by atoms with E-state index in [-0.39, 0.29) is 0 Å².